The van der Waals surface area contributed by atoms with Crippen molar-refractivity contribution < 1.29 is 21.6 Å². The topological polar surface area (TPSA) is 63.4 Å². The van der Waals surface area contributed by atoms with Crippen molar-refractivity contribution in [2.45, 2.75) is 43.4 Å². The van der Waals surface area contributed by atoms with Gasteiger partial charge in [0.15, 0.2) is 0 Å². The molecule has 21 heavy (non-hydrogen) atoms. The molecule has 0 atom stereocenters. The minimum absolute atomic E-state index is 0.0872. The number of nitrogens with two attached hydrogens (primary N) is 1. The summed E-state index contributed by atoms with van der Waals surface area (Å²) in [6.07, 6.45) is -3.62. The Kier molecular flexibility index (Phi) is 4.32. The van der Waals surface area contributed by atoms with Gasteiger partial charge in [-0.1, -0.05) is 12.1 Å². The quantitative estimate of drug-likeness (QED) is 0.903. The molecular weight excluding hydrogens is 305 g/mol. The fraction of sp³-hybridized carbons (Fsp3) is 0.538. The second-order valence-corrected chi connectivity index (χ2v) is 7.06. The number of benzene rings is 1. The number of sulfonamides is 1. The fourth-order valence-electron chi connectivity index (χ4n) is 2.20. The summed E-state index contributed by atoms with van der Waals surface area (Å²) in [6, 6.07) is 3.90. The molecule has 1 saturated carbocycles. The van der Waals surface area contributed by atoms with E-state index >= 15 is 0 Å². The number of hydrogen-bond donors (Lipinski definition) is 1. The highest BCUT2D eigenvalue weighted by Crippen LogP contribution is 2.35. The molecule has 0 aromatic heterocycles. The Labute approximate surface area is 121 Å². The van der Waals surface area contributed by atoms with Crippen LogP contribution in [-0.2, 0) is 16.6 Å². The van der Waals surface area contributed by atoms with Crippen molar-refractivity contribution in [2.24, 2.45) is 5.73 Å². The highest BCUT2D eigenvalue weighted by atomic mass is 32.2. The molecule has 1 aromatic rings. The van der Waals surface area contributed by atoms with Gasteiger partial charge in [-0.3, -0.25) is 0 Å². The smallest absolute Gasteiger partial charge is 0.326 e. The van der Waals surface area contributed by atoms with E-state index in [1.807, 2.05) is 0 Å². The van der Waals surface area contributed by atoms with Crippen LogP contribution in [0, 0.1) is 6.92 Å². The lowest BCUT2D eigenvalue weighted by molar-refractivity contribution is -0.137. The van der Waals surface area contributed by atoms with E-state index in [-0.39, 0.29) is 11.4 Å². The van der Waals surface area contributed by atoms with Crippen LogP contribution in [0.4, 0.5) is 13.2 Å². The molecule has 0 spiro atoms. The van der Waals surface area contributed by atoms with Crippen LogP contribution in [0.15, 0.2) is 23.1 Å². The molecule has 1 aliphatic rings. The zero-order valence-electron chi connectivity index (χ0n) is 11.5. The average molecular weight is 322 g/mol. The maximum atomic E-state index is 12.6. The third-order valence-corrected chi connectivity index (χ3v) is 5.41. The van der Waals surface area contributed by atoms with E-state index in [1.54, 1.807) is 13.0 Å². The normalized spacial score (nSPS) is 16.5. The predicted octanol–water partition coefficient (Wildman–Crippen LogP) is 2.17. The standard InChI is InChI=1S/C13H17F3N2O2S/c1-9-6-10(7-17)2-5-12(9)21(19,20)18(11-3-4-11)8-13(14,15)16/h2,5-6,11H,3-4,7-8,17H2,1H3. The van der Waals surface area contributed by atoms with Crippen LogP contribution in [-0.4, -0.2) is 31.5 Å². The molecule has 0 radical (unpaired) electrons. The second-order valence-electron chi connectivity index (χ2n) is 5.20. The molecule has 0 bridgehead atoms. The average Bonchev–Trinajstić information content (AvgIpc) is 3.18. The summed E-state index contributed by atoms with van der Waals surface area (Å²) >= 11 is 0. The molecule has 2 N–H and O–H groups in total. The Morgan fingerprint density at radius 1 is 1.33 bits per heavy atom. The Balaban J connectivity index is 2.39. The number of halogens is 3. The summed E-state index contributed by atoms with van der Waals surface area (Å²) in [5, 5.41) is 0. The monoisotopic (exact) mass is 322 g/mol. The molecule has 0 amide bonds. The zero-order chi connectivity index (χ0) is 15.8. The molecule has 0 unspecified atom stereocenters. The summed E-state index contributed by atoms with van der Waals surface area (Å²) < 4.78 is 63.5. The molecule has 2 rings (SSSR count). The Morgan fingerprint density at radius 3 is 2.38 bits per heavy atom. The third kappa shape index (κ3) is 3.75. The first kappa shape index (κ1) is 16.3. The van der Waals surface area contributed by atoms with Crippen molar-refractivity contribution in [3.8, 4) is 0 Å². The number of alkyl halides is 3. The maximum Gasteiger partial charge on any atom is 0.402 e. The molecule has 8 heteroatoms. The van der Waals surface area contributed by atoms with Gasteiger partial charge >= 0.3 is 6.18 Å². The molecule has 1 aliphatic carbocycles. The minimum atomic E-state index is -4.55. The van der Waals surface area contributed by atoms with Gasteiger partial charge < -0.3 is 5.73 Å². The van der Waals surface area contributed by atoms with E-state index in [4.69, 9.17) is 5.73 Å². The Morgan fingerprint density at radius 2 is 1.95 bits per heavy atom. The van der Waals surface area contributed by atoms with Crippen LogP contribution in [0.5, 0.6) is 0 Å². The molecule has 118 valence electrons. The van der Waals surface area contributed by atoms with Crippen molar-refractivity contribution in [1.82, 2.24) is 4.31 Å². The van der Waals surface area contributed by atoms with Crippen LogP contribution in [0.3, 0.4) is 0 Å². The van der Waals surface area contributed by atoms with Crippen LogP contribution in [0.1, 0.15) is 24.0 Å². The number of nitrogens with zero attached hydrogens (tertiary/aromatic N) is 1. The number of rotatable bonds is 5. The van der Waals surface area contributed by atoms with Crippen LogP contribution < -0.4 is 5.73 Å². The summed E-state index contributed by atoms with van der Waals surface area (Å²) in [4.78, 5) is -0.0872. The van der Waals surface area contributed by atoms with Crippen molar-refractivity contribution in [3.05, 3.63) is 29.3 Å². The predicted molar refractivity (Wildman–Crippen MR) is 72.0 cm³/mol. The van der Waals surface area contributed by atoms with E-state index in [9.17, 15) is 21.6 Å². The lowest BCUT2D eigenvalue weighted by Crippen LogP contribution is -2.40. The number of aryl methyl sites for hydroxylation is 1. The van der Waals surface area contributed by atoms with Crippen LogP contribution in [0.2, 0.25) is 0 Å². The molecule has 1 fully saturated rings. The molecule has 0 heterocycles. The molecule has 0 saturated heterocycles. The van der Waals surface area contributed by atoms with Crippen LogP contribution in [0.25, 0.3) is 0 Å². The summed E-state index contributed by atoms with van der Waals surface area (Å²) in [6.45, 7) is 0.360. The molecule has 1 aromatic carbocycles. The van der Waals surface area contributed by atoms with Crippen molar-refractivity contribution in [3.63, 3.8) is 0 Å². The molecule has 0 aliphatic heterocycles. The summed E-state index contributed by atoms with van der Waals surface area (Å²) in [5.41, 5.74) is 6.61. The van der Waals surface area contributed by atoms with Gasteiger partial charge in [-0.05, 0) is 37.0 Å². The van der Waals surface area contributed by atoms with Crippen molar-refractivity contribution in [2.75, 3.05) is 6.54 Å². The largest absolute Gasteiger partial charge is 0.402 e. The van der Waals surface area contributed by atoms with Crippen molar-refractivity contribution >= 4 is 10.0 Å². The molecule has 4 nitrogen and oxygen atoms in total. The SMILES string of the molecule is Cc1cc(CN)ccc1S(=O)(=O)N(CC(F)(F)F)C1CC1. The van der Waals surface area contributed by atoms with Gasteiger partial charge in [0.25, 0.3) is 0 Å². The highest BCUT2D eigenvalue weighted by Gasteiger charge is 2.45. The molecular formula is C13H17F3N2O2S. The Hall–Kier alpha value is -1.12. The Bertz CT molecular complexity index is 625. The van der Waals surface area contributed by atoms with Gasteiger partial charge in [-0.15, -0.1) is 0 Å². The van der Waals surface area contributed by atoms with E-state index in [0.29, 0.717) is 22.7 Å². The first-order valence-corrected chi connectivity index (χ1v) is 7.97. The van der Waals surface area contributed by atoms with Gasteiger partial charge in [0.2, 0.25) is 10.0 Å². The first-order chi connectivity index (χ1) is 9.65. The van der Waals surface area contributed by atoms with Gasteiger partial charge in [0.05, 0.1) is 4.90 Å². The summed E-state index contributed by atoms with van der Waals surface area (Å²) in [7, 11) is -4.15. The van der Waals surface area contributed by atoms with Crippen molar-refractivity contribution in [1.29, 1.82) is 0 Å². The minimum Gasteiger partial charge on any atom is -0.326 e. The second kappa shape index (κ2) is 5.58. The lowest BCUT2D eigenvalue weighted by Gasteiger charge is -2.24. The van der Waals surface area contributed by atoms with Gasteiger partial charge in [0, 0.05) is 12.6 Å². The van der Waals surface area contributed by atoms with Gasteiger partial charge in [-0.2, -0.15) is 17.5 Å². The third-order valence-electron chi connectivity index (χ3n) is 3.35. The van der Waals surface area contributed by atoms with E-state index in [2.05, 4.69) is 0 Å². The van der Waals surface area contributed by atoms with E-state index in [0.717, 1.165) is 5.56 Å². The zero-order valence-corrected chi connectivity index (χ0v) is 12.3. The van der Waals surface area contributed by atoms with Crippen LogP contribution >= 0.6 is 0 Å². The van der Waals surface area contributed by atoms with E-state index in [1.165, 1.54) is 12.1 Å². The van der Waals surface area contributed by atoms with E-state index < -0.39 is 28.8 Å². The maximum absolute atomic E-state index is 12.6. The summed E-state index contributed by atoms with van der Waals surface area (Å²) in [5.74, 6) is 0. The fourth-order valence-corrected chi connectivity index (χ4v) is 4.08. The van der Waals surface area contributed by atoms with Gasteiger partial charge in [0.1, 0.15) is 6.54 Å². The number of hydrogen-bond acceptors (Lipinski definition) is 3. The highest BCUT2D eigenvalue weighted by molar-refractivity contribution is 7.89. The first-order valence-electron chi connectivity index (χ1n) is 6.53. The van der Waals surface area contributed by atoms with Gasteiger partial charge in [-0.25, -0.2) is 8.42 Å². The lowest BCUT2D eigenvalue weighted by atomic mass is 10.1.